The third-order valence-electron chi connectivity index (χ3n) is 4.06. The standard InChI is InChI=1S/C18H28N4O.HI/c1-22(2)18(19-13-15-9-5-3-6-10-15)20-14-17(23)21-16-11-7-4-8-12-16;/h3,5-6,9-10,16H,4,7-8,11-14H2,1-2H3,(H,19,20)(H,21,23);1H. The number of amides is 1. The van der Waals surface area contributed by atoms with Crippen LogP contribution in [0.3, 0.4) is 0 Å². The Morgan fingerprint density at radius 1 is 1.17 bits per heavy atom. The fourth-order valence-corrected chi connectivity index (χ4v) is 2.79. The maximum Gasteiger partial charge on any atom is 0.239 e. The molecule has 0 unspecified atom stereocenters. The number of benzene rings is 1. The topological polar surface area (TPSA) is 56.7 Å². The van der Waals surface area contributed by atoms with Crippen molar-refractivity contribution in [2.75, 3.05) is 20.6 Å². The average Bonchev–Trinajstić information content (AvgIpc) is 2.56. The summed E-state index contributed by atoms with van der Waals surface area (Å²) < 4.78 is 0. The van der Waals surface area contributed by atoms with Crippen LogP contribution >= 0.6 is 24.0 Å². The van der Waals surface area contributed by atoms with E-state index < -0.39 is 0 Å². The molecular weight excluding hydrogens is 415 g/mol. The number of carbonyl (C=O) groups is 1. The molecule has 1 aromatic rings. The van der Waals surface area contributed by atoms with Crippen LogP contribution in [0, 0.1) is 0 Å². The van der Waals surface area contributed by atoms with Gasteiger partial charge < -0.3 is 15.5 Å². The molecule has 0 radical (unpaired) electrons. The maximum absolute atomic E-state index is 12.1. The molecule has 0 heterocycles. The zero-order chi connectivity index (χ0) is 16.5. The monoisotopic (exact) mass is 444 g/mol. The maximum atomic E-state index is 12.1. The summed E-state index contributed by atoms with van der Waals surface area (Å²) in [5.41, 5.74) is 1.15. The highest BCUT2D eigenvalue weighted by molar-refractivity contribution is 14.0. The van der Waals surface area contributed by atoms with E-state index in [-0.39, 0.29) is 36.4 Å². The van der Waals surface area contributed by atoms with Crippen molar-refractivity contribution in [3.05, 3.63) is 35.9 Å². The van der Waals surface area contributed by atoms with Crippen molar-refractivity contribution < 1.29 is 4.79 Å². The number of halogens is 1. The molecule has 1 aliphatic carbocycles. The fourth-order valence-electron chi connectivity index (χ4n) is 2.79. The Labute approximate surface area is 162 Å². The third kappa shape index (κ3) is 7.51. The second kappa shape index (κ2) is 11.3. The first-order valence-electron chi connectivity index (χ1n) is 8.44. The minimum atomic E-state index is 0. The van der Waals surface area contributed by atoms with Crippen LogP contribution in [0.1, 0.15) is 37.7 Å². The predicted octanol–water partition coefficient (Wildman–Crippen LogP) is 2.76. The lowest BCUT2D eigenvalue weighted by Crippen LogP contribution is -2.45. The summed E-state index contributed by atoms with van der Waals surface area (Å²) in [6, 6.07) is 10.4. The van der Waals surface area contributed by atoms with Gasteiger partial charge in [0.1, 0.15) is 0 Å². The first-order chi connectivity index (χ1) is 11.1. The molecular formula is C18H29IN4O. The largest absolute Gasteiger partial charge is 0.352 e. The van der Waals surface area contributed by atoms with E-state index in [1.54, 1.807) is 0 Å². The molecule has 2 N–H and O–H groups in total. The molecule has 6 heteroatoms. The molecule has 24 heavy (non-hydrogen) atoms. The molecule has 0 bridgehead atoms. The zero-order valence-corrected chi connectivity index (χ0v) is 17.0. The molecule has 0 saturated heterocycles. The van der Waals surface area contributed by atoms with E-state index in [1.165, 1.54) is 19.3 Å². The van der Waals surface area contributed by atoms with Crippen molar-refractivity contribution in [1.82, 2.24) is 15.5 Å². The summed E-state index contributed by atoms with van der Waals surface area (Å²) in [6.07, 6.45) is 5.95. The van der Waals surface area contributed by atoms with Crippen LogP contribution in [0.25, 0.3) is 0 Å². The van der Waals surface area contributed by atoms with E-state index in [1.807, 2.05) is 49.3 Å². The van der Waals surface area contributed by atoms with Crippen LogP contribution in [-0.2, 0) is 11.3 Å². The zero-order valence-electron chi connectivity index (χ0n) is 14.6. The lowest BCUT2D eigenvalue weighted by molar-refractivity contribution is -0.120. The van der Waals surface area contributed by atoms with Crippen LogP contribution in [0.2, 0.25) is 0 Å². The van der Waals surface area contributed by atoms with Crippen molar-refractivity contribution in [3.63, 3.8) is 0 Å². The molecule has 0 aliphatic heterocycles. The van der Waals surface area contributed by atoms with Gasteiger partial charge in [0.05, 0.1) is 13.1 Å². The summed E-state index contributed by atoms with van der Waals surface area (Å²) in [5.74, 6) is 0.777. The van der Waals surface area contributed by atoms with Gasteiger partial charge in [0.15, 0.2) is 5.96 Å². The fraction of sp³-hybridized carbons (Fsp3) is 0.556. The van der Waals surface area contributed by atoms with Gasteiger partial charge >= 0.3 is 0 Å². The molecule has 1 amide bonds. The normalized spacial score (nSPS) is 15.3. The second-order valence-corrected chi connectivity index (χ2v) is 6.28. The van der Waals surface area contributed by atoms with Gasteiger partial charge in [-0.2, -0.15) is 0 Å². The van der Waals surface area contributed by atoms with Gasteiger partial charge in [0.25, 0.3) is 0 Å². The Hall–Kier alpha value is -1.31. The SMILES string of the molecule is CN(C)C(=NCc1ccccc1)NCC(=O)NC1CCCCC1.I. The lowest BCUT2D eigenvalue weighted by Gasteiger charge is -2.23. The molecule has 2 rings (SSSR count). The van der Waals surface area contributed by atoms with Crippen molar-refractivity contribution in [1.29, 1.82) is 0 Å². The van der Waals surface area contributed by atoms with Gasteiger partial charge in [0, 0.05) is 20.1 Å². The Balaban J connectivity index is 0.00000288. The quantitative estimate of drug-likeness (QED) is 0.417. The van der Waals surface area contributed by atoms with Gasteiger partial charge in [0.2, 0.25) is 5.91 Å². The van der Waals surface area contributed by atoms with E-state index in [2.05, 4.69) is 15.6 Å². The van der Waals surface area contributed by atoms with Gasteiger partial charge in [-0.3, -0.25) is 4.79 Å². The number of carbonyl (C=O) groups excluding carboxylic acids is 1. The van der Waals surface area contributed by atoms with Crippen LogP contribution in [-0.4, -0.2) is 43.4 Å². The van der Waals surface area contributed by atoms with Crippen molar-refractivity contribution >= 4 is 35.8 Å². The highest BCUT2D eigenvalue weighted by Gasteiger charge is 2.15. The molecule has 0 aromatic heterocycles. The molecule has 1 saturated carbocycles. The van der Waals surface area contributed by atoms with E-state index in [0.29, 0.717) is 12.6 Å². The highest BCUT2D eigenvalue weighted by atomic mass is 127. The number of hydrogen-bond donors (Lipinski definition) is 2. The van der Waals surface area contributed by atoms with E-state index in [0.717, 1.165) is 24.4 Å². The Morgan fingerprint density at radius 2 is 1.83 bits per heavy atom. The Kier molecular flexibility index (Phi) is 9.75. The van der Waals surface area contributed by atoms with Gasteiger partial charge in [-0.1, -0.05) is 49.6 Å². The number of nitrogens with zero attached hydrogens (tertiary/aromatic N) is 2. The van der Waals surface area contributed by atoms with Gasteiger partial charge in [-0.15, -0.1) is 24.0 Å². The first kappa shape index (κ1) is 20.7. The average molecular weight is 444 g/mol. The number of nitrogens with one attached hydrogen (secondary N) is 2. The van der Waals surface area contributed by atoms with E-state index >= 15 is 0 Å². The van der Waals surface area contributed by atoms with Gasteiger partial charge in [-0.25, -0.2) is 4.99 Å². The van der Waals surface area contributed by atoms with Crippen molar-refractivity contribution in [2.45, 2.75) is 44.7 Å². The van der Waals surface area contributed by atoms with Crippen LogP contribution in [0.4, 0.5) is 0 Å². The van der Waals surface area contributed by atoms with E-state index in [9.17, 15) is 4.79 Å². The van der Waals surface area contributed by atoms with E-state index in [4.69, 9.17) is 0 Å². The number of aliphatic imine (C=N–C) groups is 1. The molecule has 0 atom stereocenters. The minimum Gasteiger partial charge on any atom is -0.352 e. The van der Waals surface area contributed by atoms with Crippen molar-refractivity contribution in [3.8, 4) is 0 Å². The molecule has 5 nitrogen and oxygen atoms in total. The number of hydrogen-bond acceptors (Lipinski definition) is 2. The first-order valence-corrected chi connectivity index (χ1v) is 8.44. The second-order valence-electron chi connectivity index (χ2n) is 6.28. The van der Waals surface area contributed by atoms with Crippen LogP contribution in [0.5, 0.6) is 0 Å². The third-order valence-corrected chi connectivity index (χ3v) is 4.06. The summed E-state index contributed by atoms with van der Waals surface area (Å²) in [7, 11) is 3.85. The smallest absolute Gasteiger partial charge is 0.239 e. The number of guanidine groups is 1. The summed E-state index contributed by atoms with van der Waals surface area (Å²) in [4.78, 5) is 18.5. The molecule has 1 aliphatic rings. The van der Waals surface area contributed by atoms with Crippen LogP contribution in [0.15, 0.2) is 35.3 Å². The molecule has 1 aromatic carbocycles. The predicted molar refractivity (Wildman–Crippen MR) is 110 cm³/mol. The summed E-state index contributed by atoms with van der Waals surface area (Å²) in [6.45, 7) is 0.869. The molecule has 0 spiro atoms. The summed E-state index contributed by atoms with van der Waals surface area (Å²) >= 11 is 0. The Bertz CT molecular complexity index is 513. The summed E-state index contributed by atoms with van der Waals surface area (Å²) in [5, 5.41) is 6.25. The van der Waals surface area contributed by atoms with Crippen molar-refractivity contribution in [2.24, 2.45) is 4.99 Å². The molecule has 134 valence electrons. The minimum absolute atomic E-state index is 0. The Morgan fingerprint density at radius 3 is 2.46 bits per heavy atom. The number of rotatable bonds is 5. The molecule has 1 fully saturated rings. The lowest BCUT2D eigenvalue weighted by atomic mass is 9.95. The highest BCUT2D eigenvalue weighted by Crippen LogP contribution is 2.17. The van der Waals surface area contributed by atoms with Crippen LogP contribution < -0.4 is 10.6 Å². The van der Waals surface area contributed by atoms with Gasteiger partial charge in [-0.05, 0) is 18.4 Å².